The quantitative estimate of drug-likeness (QED) is 0.473. The predicted molar refractivity (Wildman–Crippen MR) is 52.5 cm³/mol. The van der Waals surface area contributed by atoms with Crippen molar-refractivity contribution in [3.8, 4) is 0 Å². The predicted octanol–water partition coefficient (Wildman–Crippen LogP) is 1.10. The zero-order valence-corrected chi connectivity index (χ0v) is 8.82. The highest BCUT2D eigenvalue weighted by atomic mass is 127. The first kappa shape index (κ1) is 9.50. The minimum Gasteiger partial charge on any atom is -0.464 e. The second-order valence-corrected chi connectivity index (χ2v) is 3.26. The number of nitrogens with zero attached hydrogens (tertiary/aromatic N) is 2. The van der Waals surface area contributed by atoms with E-state index >= 15 is 0 Å². The van der Waals surface area contributed by atoms with Gasteiger partial charge >= 0.3 is 5.97 Å². The molecule has 0 N–H and O–H groups in total. The van der Waals surface area contributed by atoms with E-state index in [1.165, 1.54) is 7.11 Å². The van der Waals surface area contributed by atoms with Crippen LogP contribution < -0.4 is 0 Å². The molecule has 0 aliphatic carbocycles. The molecule has 0 aromatic carbocycles. The highest BCUT2D eigenvalue weighted by molar-refractivity contribution is 14.1. The highest BCUT2D eigenvalue weighted by Crippen LogP contribution is 1.98. The van der Waals surface area contributed by atoms with Gasteiger partial charge in [-0.15, -0.1) is 0 Å². The molecule has 1 aromatic rings. The molecule has 66 valence electrons. The Morgan fingerprint density at radius 2 is 2.58 bits per heavy atom. The topological polar surface area (TPSA) is 44.1 Å². The van der Waals surface area contributed by atoms with E-state index < -0.39 is 0 Å². The van der Waals surface area contributed by atoms with Gasteiger partial charge in [-0.1, -0.05) is 22.6 Å². The minimum absolute atomic E-state index is 0.363. The Labute approximate surface area is 84.1 Å². The minimum atomic E-state index is -0.387. The third-order valence-electron chi connectivity index (χ3n) is 1.37. The Kier molecular flexibility index (Phi) is 3.51. The van der Waals surface area contributed by atoms with Crippen LogP contribution in [0.3, 0.4) is 0 Å². The fourth-order valence-electron chi connectivity index (χ4n) is 0.790. The Bertz CT molecular complexity index is 272. The average Bonchev–Trinajstić information content (AvgIpc) is 2.52. The lowest BCUT2D eigenvalue weighted by Gasteiger charge is -1.94. The van der Waals surface area contributed by atoms with E-state index in [-0.39, 0.29) is 5.97 Å². The third-order valence-corrected chi connectivity index (χ3v) is 1.85. The van der Waals surface area contributed by atoms with Crippen molar-refractivity contribution >= 4 is 28.6 Å². The van der Waals surface area contributed by atoms with Crippen molar-refractivity contribution < 1.29 is 9.53 Å². The fourth-order valence-corrected chi connectivity index (χ4v) is 1.35. The number of esters is 1. The van der Waals surface area contributed by atoms with E-state index in [1.807, 2.05) is 4.57 Å². The Balaban J connectivity index is 2.70. The molecule has 0 aliphatic rings. The largest absolute Gasteiger partial charge is 0.464 e. The van der Waals surface area contributed by atoms with Crippen molar-refractivity contribution in [1.82, 2.24) is 9.55 Å². The van der Waals surface area contributed by atoms with E-state index in [0.29, 0.717) is 5.69 Å². The van der Waals surface area contributed by atoms with Crippen LogP contribution in [0.1, 0.15) is 10.5 Å². The number of hydrogen-bond donors (Lipinski definition) is 0. The molecule has 0 unspecified atom stereocenters. The molecule has 1 rings (SSSR count). The van der Waals surface area contributed by atoms with E-state index in [0.717, 1.165) is 11.0 Å². The maximum absolute atomic E-state index is 10.9. The SMILES string of the molecule is COC(=O)c1cn(CCI)cn1. The monoisotopic (exact) mass is 280 g/mol. The molecule has 0 fully saturated rings. The number of aryl methyl sites for hydroxylation is 1. The standard InChI is InChI=1S/C7H9IN2O2/c1-12-7(11)6-4-10(3-2-8)5-9-6/h4-5H,2-3H2,1H3. The molecule has 1 heterocycles. The fraction of sp³-hybridized carbons (Fsp3) is 0.429. The summed E-state index contributed by atoms with van der Waals surface area (Å²) in [5, 5.41) is 0. The molecular formula is C7H9IN2O2. The Hall–Kier alpha value is -0.590. The van der Waals surface area contributed by atoms with Gasteiger partial charge in [0.15, 0.2) is 5.69 Å². The molecule has 0 bridgehead atoms. The van der Waals surface area contributed by atoms with Gasteiger partial charge in [-0.2, -0.15) is 0 Å². The number of rotatable bonds is 3. The molecule has 0 radical (unpaired) electrons. The second kappa shape index (κ2) is 4.44. The third kappa shape index (κ3) is 2.20. The number of aromatic nitrogens is 2. The van der Waals surface area contributed by atoms with Crippen LogP contribution in [0, 0.1) is 0 Å². The smallest absolute Gasteiger partial charge is 0.358 e. The van der Waals surface area contributed by atoms with Gasteiger partial charge in [0.1, 0.15) is 0 Å². The number of halogens is 1. The van der Waals surface area contributed by atoms with Gasteiger partial charge in [0.05, 0.1) is 13.4 Å². The van der Waals surface area contributed by atoms with E-state index in [2.05, 4.69) is 32.3 Å². The van der Waals surface area contributed by atoms with E-state index in [4.69, 9.17) is 0 Å². The van der Waals surface area contributed by atoms with Crippen molar-refractivity contribution in [3.63, 3.8) is 0 Å². The molecule has 12 heavy (non-hydrogen) atoms. The van der Waals surface area contributed by atoms with Crippen LogP contribution in [0.2, 0.25) is 0 Å². The van der Waals surface area contributed by atoms with Crippen LogP contribution >= 0.6 is 22.6 Å². The highest BCUT2D eigenvalue weighted by Gasteiger charge is 2.07. The van der Waals surface area contributed by atoms with Crippen LogP contribution in [0.5, 0.6) is 0 Å². The van der Waals surface area contributed by atoms with Crippen LogP contribution in [0.15, 0.2) is 12.5 Å². The Morgan fingerprint density at radius 1 is 1.83 bits per heavy atom. The van der Waals surface area contributed by atoms with Gasteiger partial charge < -0.3 is 9.30 Å². The lowest BCUT2D eigenvalue weighted by molar-refractivity contribution is 0.0594. The van der Waals surface area contributed by atoms with Crippen molar-refractivity contribution in [1.29, 1.82) is 0 Å². The molecule has 5 heteroatoms. The molecule has 0 saturated carbocycles. The summed E-state index contributed by atoms with van der Waals surface area (Å²) < 4.78 is 7.37. The number of alkyl halides is 1. The summed E-state index contributed by atoms with van der Waals surface area (Å²) in [4.78, 5) is 14.8. The van der Waals surface area contributed by atoms with Crippen LogP contribution in [-0.4, -0.2) is 27.1 Å². The molecule has 0 saturated heterocycles. The van der Waals surface area contributed by atoms with Gasteiger partial charge in [0, 0.05) is 17.2 Å². The average molecular weight is 280 g/mol. The zero-order chi connectivity index (χ0) is 8.97. The molecule has 0 spiro atoms. The summed E-state index contributed by atoms with van der Waals surface area (Å²) in [6.07, 6.45) is 3.31. The summed E-state index contributed by atoms with van der Waals surface area (Å²) in [7, 11) is 1.35. The van der Waals surface area contributed by atoms with Gasteiger partial charge in [-0.25, -0.2) is 9.78 Å². The molecule has 0 amide bonds. The number of imidazole rings is 1. The number of ether oxygens (including phenoxy) is 1. The first-order valence-corrected chi connectivity index (χ1v) is 4.96. The number of carbonyl (C=O) groups excluding carboxylic acids is 1. The molecule has 0 aliphatic heterocycles. The maximum atomic E-state index is 10.9. The summed E-state index contributed by atoms with van der Waals surface area (Å²) in [5.41, 5.74) is 0.363. The number of carbonyl (C=O) groups is 1. The summed E-state index contributed by atoms with van der Waals surface area (Å²) in [6, 6.07) is 0. The van der Waals surface area contributed by atoms with E-state index in [9.17, 15) is 4.79 Å². The van der Waals surface area contributed by atoms with E-state index in [1.54, 1.807) is 12.5 Å². The van der Waals surface area contributed by atoms with Gasteiger partial charge in [0.2, 0.25) is 0 Å². The summed E-state index contributed by atoms with van der Waals surface area (Å²) >= 11 is 2.26. The first-order chi connectivity index (χ1) is 5.77. The molecule has 4 nitrogen and oxygen atoms in total. The first-order valence-electron chi connectivity index (χ1n) is 3.44. The van der Waals surface area contributed by atoms with Crippen molar-refractivity contribution in [2.75, 3.05) is 11.5 Å². The molecular weight excluding hydrogens is 271 g/mol. The summed E-state index contributed by atoms with van der Waals surface area (Å²) in [5.74, 6) is -0.387. The van der Waals surface area contributed by atoms with Gasteiger partial charge in [-0.3, -0.25) is 0 Å². The van der Waals surface area contributed by atoms with Crippen LogP contribution in [0.25, 0.3) is 0 Å². The molecule has 0 atom stereocenters. The van der Waals surface area contributed by atoms with Crippen LogP contribution in [0.4, 0.5) is 0 Å². The normalized spacial score (nSPS) is 9.83. The number of hydrogen-bond acceptors (Lipinski definition) is 3. The zero-order valence-electron chi connectivity index (χ0n) is 6.66. The lowest BCUT2D eigenvalue weighted by atomic mass is 10.5. The molecule has 1 aromatic heterocycles. The van der Waals surface area contributed by atoms with Gasteiger partial charge in [0.25, 0.3) is 0 Å². The number of methoxy groups -OCH3 is 1. The maximum Gasteiger partial charge on any atom is 0.358 e. The van der Waals surface area contributed by atoms with Crippen molar-refractivity contribution in [2.24, 2.45) is 0 Å². The lowest BCUT2D eigenvalue weighted by Crippen LogP contribution is -2.01. The Morgan fingerprint density at radius 3 is 3.17 bits per heavy atom. The second-order valence-electron chi connectivity index (χ2n) is 2.18. The van der Waals surface area contributed by atoms with Crippen LogP contribution in [-0.2, 0) is 11.3 Å². The summed E-state index contributed by atoms with van der Waals surface area (Å²) in [6.45, 7) is 0.866. The van der Waals surface area contributed by atoms with Gasteiger partial charge in [-0.05, 0) is 0 Å². The van der Waals surface area contributed by atoms with Crippen molar-refractivity contribution in [2.45, 2.75) is 6.54 Å². The van der Waals surface area contributed by atoms with Crippen molar-refractivity contribution in [3.05, 3.63) is 18.2 Å².